The fourth-order valence-corrected chi connectivity index (χ4v) is 2.61. The van der Waals surface area contributed by atoms with E-state index in [2.05, 4.69) is 42.6 Å². The van der Waals surface area contributed by atoms with Gasteiger partial charge in [-0.05, 0) is 31.0 Å². The summed E-state index contributed by atoms with van der Waals surface area (Å²) >= 11 is 0. The van der Waals surface area contributed by atoms with Gasteiger partial charge in [0.25, 0.3) is 0 Å². The maximum absolute atomic E-state index is 5.41. The van der Waals surface area contributed by atoms with E-state index < -0.39 is 0 Å². The summed E-state index contributed by atoms with van der Waals surface area (Å²) in [5, 5.41) is 3.44. The van der Waals surface area contributed by atoms with Crippen molar-refractivity contribution in [3.63, 3.8) is 0 Å². The standard InChI is InChI=1S/C14H21NO/c1-3-15-10-13-9-14(13,11-16-2)12-7-5-4-6-8-12/h4-8,13,15H,3,9-11H2,1-2H3. The second kappa shape index (κ2) is 4.98. The van der Waals surface area contributed by atoms with Gasteiger partial charge >= 0.3 is 0 Å². The van der Waals surface area contributed by atoms with E-state index in [1.165, 1.54) is 12.0 Å². The largest absolute Gasteiger partial charge is 0.384 e. The summed E-state index contributed by atoms with van der Waals surface area (Å²) in [6.45, 7) is 5.15. The number of hydrogen-bond donors (Lipinski definition) is 1. The molecule has 2 atom stereocenters. The van der Waals surface area contributed by atoms with Gasteiger partial charge in [0.1, 0.15) is 0 Å². The van der Waals surface area contributed by atoms with Gasteiger partial charge in [-0.3, -0.25) is 0 Å². The SMILES string of the molecule is CCNCC1CC1(COC)c1ccccc1. The third-order valence-corrected chi connectivity index (χ3v) is 3.62. The zero-order valence-electron chi connectivity index (χ0n) is 10.2. The smallest absolute Gasteiger partial charge is 0.0562 e. The summed E-state index contributed by atoms with van der Waals surface area (Å²) in [5.41, 5.74) is 1.71. The molecule has 1 aliphatic rings. The molecule has 1 aromatic carbocycles. The van der Waals surface area contributed by atoms with E-state index in [0.29, 0.717) is 0 Å². The van der Waals surface area contributed by atoms with Crippen LogP contribution >= 0.6 is 0 Å². The maximum atomic E-state index is 5.41. The summed E-state index contributed by atoms with van der Waals surface area (Å²) < 4.78 is 5.41. The lowest BCUT2D eigenvalue weighted by Crippen LogP contribution is -2.24. The van der Waals surface area contributed by atoms with E-state index in [1.807, 2.05) is 0 Å². The highest BCUT2D eigenvalue weighted by Gasteiger charge is 2.54. The Bertz CT molecular complexity index is 325. The second-order valence-corrected chi connectivity index (χ2v) is 4.66. The highest BCUT2D eigenvalue weighted by molar-refractivity contribution is 5.34. The minimum atomic E-state index is 0.276. The molecule has 0 heterocycles. The Morgan fingerprint density at radius 3 is 2.75 bits per heavy atom. The van der Waals surface area contributed by atoms with Crippen LogP contribution in [0.1, 0.15) is 18.9 Å². The first kappa shape index (κ1) is 11.6. The third-order valence-electron chi connectivity index (χ3n) is 3.62. The van der Waals surface area contributed by atoms with Crippen LogP contribution in [-0.2, 0) is 10.2 Å². The van der Waals surface area contributed by atoms with E-state index in [1.54, 1.807) is 7.11 Å². The molecule has 88 valence electrons. The lowest BCUT2D eigenvalue weighted by molar-refractivity contribution is 0.165. The van der Waals surface area contributed by atoms with Gasteiger partial charge in [0.05, 0.1) is 6.61 Å². The van der Waals surface area contributed by atoms with Gasteiger partial charge in [-0.25, -0.2) is 0 Å². The van der Waals surface area contributed by atoms with Crippen molar-refractivity contribution in [3.8, 4) is 0 Å². The monoisotopic (exact) mass is 219 g/mol. The number of nitrogens with one attached hydrogen (secondary N) is 1. The average molecular weight is 219 g/mol. The zero-order chi connectivity index (χ0) is 11.4. The van der Waals surface area contributed by atoms with Gasteiger partial charge in [0.2, 0.25) is 0 Å². The van der Waals surface area contributed by atoms with Crippen LogP contribution in [0.4, 0.5) is 0 Å². The minimum Gasteiger partial charge on any atom is -0.384 e. The van der Waals surface area contributed by atoms with E-state index in [-0.39, 0.29) is 5.41 Å². The van der Waals surface area contributed by atoms with Crippen molar-refractivity contribution in [3.05, 3.63) is 35.9 Å². The van der Waals surface area contributed by atoms with Crippen LogP contribution in [0.25, 0.3) is 0 Å². The molecule has 1 aliphatic carbocycles. The number of benzene rings is 1. The number of methoxy groups -OCH3 is 1. The van der Waals surface area contributed by atoms with Crippen molar-refractivity contribution in [2.75, 3.05) is 26.8 Å². The van der Waals surface area contributed by atoms with Crippen LogP contribution in [0.15, 0.2) is 30.3 Å². The molecule has 1 saturated carbocycles. The lowest BCUT2D eigenvalue weighted by atomic mass is 9.94. The fourth-order valence-electron chi connectivity index (χ4n) is 2.61. The predicted octanol–water partition coefficient (Wildman–Crippen LogP) is 2.20. The Kier molecular flexibility index (Phi) is 3.62. The predicted molar refractivity (Wildman–Crippen MR) is 66.6 cm³/mol. The van der Waals surface area contributed by atoms with Crippen molar-refractivity contribution < 1.29 is 4.74 Å². The topological polar surface area (TPSA) is 21.3 Å². The Labute approximate surface area is 98.0 Å². The molecule has 1 fully saturated rings. The third kappa shape index (κ3) is 2.13. The van der Waals surface area contributed by atoms with Crippen molar-refractivity contribution >= 4 is 0 Å². The summed E-state index contributed by atoms with van der Waals surface area (Å²) in [6, 6.07) is 10.8. The molecule has 0 saturated heterocycles. The average Bonchev–Trinajstić information content (AvgIpc) is 3.03. The lowest BCUT2D eigenvalue weighted by Gasteiger charge is -2.17. The molecule has 2 nitrogen and oxygen atoms in total. The molecule has 2 rings (SSSR count). The molecule has 2 unspecified atom stereocenters. The molecule has 0 spiro atoms. The Hall–Kier alpha value is -0.860. The maximum Gasteiger partial charge on any atom is 0.0562 e. The summed E-state index contributed by atoms with van der Waals surface area (Å²) in [6.07, 6.45) is 1.25. The minimum absolute atomic E-state index is 0.276. The first-order valence-electron chi connectivity index (χ1n) is 6.08. The normalized spacial score (nSPS) is 28.0. The Morgan fingerprint density at radius 1 is 1.38 bits per heavy atom. The molecule has 0 radical (unpaired) electrons. The molecule has 0 aliphatic heterocycles. The van der Waals surface area contributed by atoms with Crippen molar-refractivity contribution in [1.29, 1.82) is 0 Å². The van der Waals surface area contributed by atoms with Crippen LogP contribution < -0.4 is 5.32 Å². The van der Waals surface area contributed by atoms with Crippen molar-refractivity contribution in [2.45, 2.75) is 18.8 Å². The van der Waals surface area contributed by atoms with E-state index >= 15 is 0 Å². The molecule has 0 amide bonds. The van der Waals surface area contributed by atoms with E-state index in [0.717, 1.165) is 25.6 Å². The summed E-state index contributed by atoms with van der Waals surface area (Å²) in [4.78, 5) is 0. The van der Waals surface area contributed by atoms with E-state index in [4.69, 9.17) is 4.74 Å². The van der Waals surface area contributed by atoms with Crippen molar-refractivity contribution in [2.24, 2.45) is 5.92 Å². The number of rotatable bonds is 6. The van der Waals surface area contributed by atoms with Gasteiger partial charge in [-0.1, -0.05) is 37.3 Å². The molecule has 0 aromatic heterocycles. The van der Waals surface area contributed by atoms with Crippen LogP contribution in [0, 0.1) is 5.92 Å². The van der Waals surface area contributed by atoms with Gasteiger partial charge in [0, 0.05) is 12.5 Å². The fraction of sp³-hybridized carbons (Fsp3) is 0.571. The summed E-state index contributed by atoms with van der Waals surface area (Å²) in [5.74, 6) is 0.731. The first-order chi connectivity index (χ1) is 7.83. The zero-order valence-corrected chi connectivity index (χ0v) is 10.2. The number of hydrogen-bond acceptors (Lipinski definition) is 2. The molecule has 16 heavy (non-hydrogen) atoms. The Balaban J connectivity index is 2.08. The molecule has 2 heteroatoms. The molecular formula is C14H21NO. The van der Waals surface area contributed by atoms with Gasteiger partial charge in [0.15, 0.2) is 0 Å². The van der Waals surface area contributed by atoms with Crippen LogP contribution in [0.2, 0.25) is 0 Å². The molecule has 1 aromatic rings. The molecular weight excluding hydrogens is 198 g/mol. The summed E-state index contributed by atoms with van der Waals surface area (Å²) in [7, 11) is 1.80. The molecule has 1 N–H and O–H groups in total. The van der Waals surface area contributed by atoms with Crippen LogP contribution in [0.5, 0.6) is 0 Å². The second-order valence-electron chi connectivity index (χ2n) is 4.66. The number of ether oxygens (including phenoxy) is 1. The van der Waals surface area contributed by atoms with Crippen LogP contribution in [-0.4, -0.2) is 26.8 Å². The van der Waals surface area contributed by atoms with Crippen molar-refractivity contribution in [1.82, 2.24) is 5.32 Å². The highest BCUT2D eigenvalue weighted by atomic mass is 16.5. The van der Waals surface area contributed by atoms with Crippen LogP contribution in [0.3, 0.4) is 0 Å². The van der Waals surface area contributed by atoms with Gasteiger partial charge < -0.3 is 10.1 Å². The highest BCUT2D eigenvalue weighted by Crippen LogP contribution is 2.54. The van der Waals surface area contributed by atoms with Gasteiger partial charge in [-0.2, -0.15) is 0 Å². The molecule has 0 bridgehead atoms. The van der Waals surface area contributed by atoms with E-state index in [9.17, 15) is 0 Å². The van der Waals surface area contributed by atoms with Gasteiger partial charge in [-0.15, -0.1) is 0 Å². The Morgan fingerprint density at radius 2 is 2.12 bits per heavy atom. The first-order valence-corrected chi connectivity index (χ1v) is 6.08. The quantitative estimate of drug-likeness (QED) is 0.792.